The highest BCUT2D eigenvalue weighted by Gasteiger charge is 2.25. The first-order valence-electron chi connectivity index (χ1n) is 9.83. The number of nitrogens with zero attached hydrogens (tertiary/aromatic N) is 3. The van der Waals surface area contributed by atoms with Crippen molar-refractivity contribution < 1.29 is 19.0 Å². The number of aromatic nitrogens is 1. The third-order valence-electron chi connectivity index (χ3n) is 4.78. The van der Waals surface area contributed by atoms with E-state index in [0.717, 1.165) is 26.0 Å². The van der Waals surface area contributed by atoms with Gasteiger partial charge in [-0.05, 0) is 60.2 Å². The van der Waals surface area contributed by atoms with Crippen molar-refractivity contribution in [1.29, 1.82) is 0 Å². The van der Waals surface area contributed by atoms with E-state index in [0.29, 0.717) is 22.2 Å². The number of hydrazone groups is 1. The van der Waals surface area contributed by atoms with Crippen LogP contribution in [0.1, 0.15) is 15.9 Å². The number of hydrogen-bond acceptors (Lipinski definition) is 7. The summed E-state index contributed by atoms with van der Waals surface area (Å²) in [6, 6.07) is 18.2. The maximum absolute atomic E-state index is 13.7. The molecule has 0 spiro atoms. The van der Waals surface area contributed by atoms with Gasteiger partial charge in [0, 0.05) is 4.47 Å². The fourth-order valence-corrected chi connectivity index (χ4v) is 4.62. The Labute approximate surface area is 203 Å². The Kier molecular flexibility index (Phi) is 6.90. The first kappa shape index (κ1) is 22.8. The van der Waals surface area contributed by atoms with Crippen molar-refractivity contribution >= 4 is 54.7 Å². The maximum atomic E-state index is 13.7. The van der Waals surface area contributed by atoms with Crippen molar-refractivity contribution in [3.63, 3.8) is 0 Å². The van der Waals surface area contributed by atoms with Gasteiger partial charge in [-0.1, -0.05) is 33.3 Å². The number of carbonyl (C=O) groups excluding carboxylic acids is 1. The van der Waals surface area contributed by atoms with Crippen LogP contribution < -0.4 is 19.2 Å². The molecule has 0 aliphatic carbocycles. The molecule has 0 fully saturated rings. The summed E-state index contributed by atoms with van der Waals surface area (Å²) in [6.45, 7) is 0. The third kappa shape index (κ3) is 4.84. The highest BCUT2D eigenvalue weighted by atomic mass is 79.9. The van der Waals surface area contributed by atoms with Crippen LogP contribution in [0.3, 0.4) is 0 Å². The van der Waals surface area contributed by atoms with Gasteiger partial charge in [0.25, 0.3) is 5.91 Å². The SMILES string of the molecule is COc1ccc(/C=N/N(C(=O)c2cccc(OC)c2OC)c2nc3ccc(Br)cc3s2)cc1. The Morgan fingerprint density at radius 3 is 2.52 bits per heavy atom. The van der Waals surface area contributed by atoms with Gasteiger partial charge in [0.1, 0.15) is 5.75 Å². The molecular weight excluding hydrogens is 506 g/mol. The van der Waals surface area contributed by atoms with E-state index in [9.17, 15) is 4.79 Å². The maximum Gasteiger partial charge on any atom is 0.284 e. The Morgan fingerprint density at radius 2 is 1.82 bits per heavy atom. The topological polar surface area (TPSA) is 73.2 Å². The zero-order chi connectivity index (χ0) is 23.4. The van der Waals surface area contributed by atoms with Gasteiger partial charge in [-0.25, -0.2) is 4.98 Å². The van der Waals surface area contributed by atoms with E-state index in [1.165, 1.54) is 30.6 Å². The minimum absolute atomic E-state index is 0.309. The van der Waals surface area contributed by atoms with Crippen molar-refractivity contribution in [1.82, 2.24) is 4.98 Å². The average molecular weight is 526 g/mol. The molecule has 1 amide bonds. The third-order valence-corrected chi connectivity index (χ3v) is 6.27. The Morgan fingerprint density at radius 1 is 1.03 bits per heavy atom. The molecule has 0 aliphatic rings. The summed E-state index contributed by atoms with van der Waals surface area (Å²) in [5.41, 5.74) is 1.88. The number of hydrogen-bond donors (Lipinski definition) is 0. The van der Waals surface area contributed by atoms with Gasteiger partial charge in [-0.15, -0.1) is 0 Å². The molecule has 4 aromatic rings. The minimum atomic E-state index is -0.395. The summed E-state index contributed by atoms with van der Waals surface area (Å²) in [4.78, 5) is 18.3. The molecule has 0 atom stereocenters. The Balaban J connectivity index is 1.79. The zero-order valence-corrected chi connectivity index (χ0v) is 20.5. The van der Waals surface area contributed by atoms with E-state index in [1.54, 1.807) is 31.5 Å². The van der Waals surface area contributed by atoms with Crippen molar-refractivity contribution in [3.05, 3.63) is 76.3 Å². The van der Waals surface area contributed by atoms with Crippen LogP contribution in [0.4, 0.5) is 5.13 Å². The monoisotopic (exact) mass is 525 g/mol. The average Bonchev–Trinajstić information content (AvgIpc) is 3.26. The van der Waals surface area contributed by atoms with E-state index < -0.39 is 5.91 Å². The summed E-state index contributed by atoms with van der Waals surface area (Å²) in [5, 5.41) is 6.21. The summed E-state index contributed by atoms with van der Waals surface area (Å²) in [5.74, 6) is 1.13. The standard InChI is InChI=1S/C24H20BrN3O4S/c1-30-17-10-7-15(8-11-17)14-26-28(24-27-19-12-9-16(25)13-21(19)33-24)23(29)18-5-4-6-20(31-2)22(18)32-3/h4-14H,1-3H3/b26-14+. The first-order valence-corrected chi connectivity index (χ1v) is 11.4. The van der Waals surface area contributed by atoms with E-state index in [4.69, 9.17) is 14.2 Å². The number of anilines is 1. The summed E-state index contributed by atoms with van der Waals surface area (Å²) in [7, 11) is 4.63. The summed E-state index contributed by atoms with van der Waals surface area (Å²) >= 11 is 4.85. The van der Waals surface area contributed by atoms with Gasteiger partial charge in [0.2, 0.25) is 5.13 Å². The number of methoxy groups -OCH3 is 3. The van der Waals surface area contributed by atoms with Gasteiger partial charge in [-0.3, -0.25) is 4.79 Å². The lowest BCUT2D eigenvalue weighted by molar-refractivity contribution is 0.0984. The molecular formula is C24H20BrN3O4S. The molecule has 0 saturated carbocycles. The van der Waals surface area contributed by atoms with E-state index in [1.807, 2.05) is 42.5 Å². The van der Waals surface area contributed by atoms with Crippen LogP contribution in [0.2, 0.25) is 0 Å². The number of ether oxygens (including phenoxy) is 3. The van der Waals surface area contributed by atoms with Crippen LogP contribution in [-0.2, 0) is 0 Å². The number of fused-ring (bicyclic) bond motifs is 1. The number of amides is 1. The molecule has 168 valence electrons. The molecule has 1 aromatic heterocycles. The van der Waals surface area contributed by atoms with E-state index >= 15 is 0 Å². The lowest BCUT2D eigenvalue weighted by atomic mass is 10.1. The number of para-hydroxylation sites is 1. The van der Waals surface area contributed by atoms with Crippen LogP contribution in [0.25, 0.3) is 10.2 Å². The molecule has 0 unspecified atom stereocenters. The van der Waals surface area contributed by atoms with Crippen LogP contribution in [0.5, 0.6) is 17.2 Å². The zero-order valence-electron chi connectivity index (χ0n) is 18.1. The second-order valence-corrected chi connectivity index (χ2v) is 8.71. The highest BCUT2D eigenvalue weighted by molar-refractivity contribution is 9.10. The lowest BCUT2D eigenvalue weighted by Gasteiger charge is -2.17. The van der Waals surface area contributed by atoms with Gasteiger partial charge >= 0.3 is 0 Å². The molecule has 0 N–H and O–H groups in total. The fourth-order valence-electron chi connectivity index (χ4n) is 3.15. The van der Waals surface area contributed by atoms with Crippen LogP contribution in [0.15, 0.2) is 70.2 Å². The van der Waals surface area contributed by atoms with Crippen LogP contribution in [-0.4, -0.2) is 38.4 Å². The Bertz CT molecular complexity index is 1320. The molecule has 0 radical (unpaired) electrons. The van der Waals surface area contributed by atoms with Crippen molar-refractivity contribution in [2.45, 2.75) is 0 Å². The molecule has 9 heteroatoms. The van der Waals surface area contributed by atoms with Gasteiger partial charge in [-0.2, -0.15) is 10.1 Å². The smallest absolute Gasteiger partial charge is 0.284 e. The van der Waals surface area contributed by atoms with Gasteiger partial charge < -0.3 is 14.2 Å². The number of rotatable bonds is 7. The quantitative estimate of drug-likeness (QED) is 0.226. The number of halogens is 1. The predicted molar refractivity (Wildman–Crippen MR) is 134 cm³/mol. The molecule has 4 rings (SSSR count). The largest absolute Gasteiger partial charge is 0.497 e. The number of thiazole rings is 1. The molecule has 0 aliphatic heterocycles. The minimum Gasteiger partial charge on any atom is -0.497 e. The lowest BCUT2D eigenvalue weighted by Crippen LogP contribution is -2.26. The normalized spacial score (nSPS) is 11.0. The Hall–Kier alpha value is -3.43. The molecule has 0 bridgehead atoms. The molecule has 0 saturated heterocycles. The second-order valence-electron chi connectivity index (χ2n) is 6.78. The van der Waals surface area contributed by atoms with Crippen molar-refractivity contribution in [2.24, 2.45) is 5.10 Å². The van der Waals surface area contributed by atoms with Gasteiger partial charge in [0.15, 0.2) is 11.5 Å². The van der Waals surface area contributed by atoms with Crippen molar-refractivity contribution in [3.8, 4) is 17.2 Å². The predicted octanol–water partition coefficient (Wildman–Crippen LogP) is 5.77. The van der Waals surface area contributed by atoms with E-state index in [2.05, 4.69) is 26.0 Å². The molecule has 33 heavy (non-hydrogen) atoms. The number of carbonyl (C=O) groups is 1. The van der Waals surface area contributed by atoms with E-state index in [-0.39, 0.29) is 0 Å². The summed E-state index contributed by atoms with van der Waals surface area (Å²) < 4.78 is 17.9. The molecule has 3 aromatic carbocycles. The number of benzene rings is 3. The van der Waals surface area contributed by atoms with Crippen LogP contribution >= 0.6 is 27.3 Å². The van der Waals surface area contributed by atoms with Crippen molar-refractivity contribution in [2.75, 3.05) is 26.3 Å². The second kappa shape index (κ2) is 10.0. The highest BCUT2D eigenvalue weighted by Crippen LogP contribution is 2.35. The van der Waals surface area contributed by atoms with Crippen LogP contribution in [0, 0.1) is 0 Å². The molecule has 1 heterocycles. The van der Waals surface area contributed by atoms with Gasteiger partial charge in [0.05, 0.1) is 43.3 Å². The summed E-state index contributed by atoms with van der Waals surface area (Å²) in [6.07, 6.45) is 1.60. The molecule has 7 nitrogen and oxygen atoms in total. The fraction of sp³-hybridized carbons (Fsp3) is 0.125. The first-order chi connectivity index (χ1) is 16.0.